The van der Waals surface area contributed by atoms with E-state index in [0.717, 1.165) is 0 Å². The van der Waals surface area contributed by atoms with Gasteiger partial charge in [-0.05, 0) is 35.4 Å². The summed E-state index contributed by atoms with van der Waals surface area (Å²) in [6.07, 6.45) is 0. The Balaban J connectivity index is 0.000000384. The Labute approximate surface area is 342 Å². The first-order valence-corrected chi connectivity index (χ1v) is 17.4. The maximum absolute atomic E-state index is 15.1. The fourth-order valence-electron chi connectivity index (χ4n) is 5.89. The van der Waals surface area contributed by atoms with Crippen molar-refractivity contribution < 1.29 is 90.8 Å². The van der Waals surface area contributed by atoms with E-state index in [1.165, 1.54) is 21.2 Å². The molecular weight excluding hydrogens is 864 g/mol. The Kier molecular flexibility index (Phi) is 15.7. The molecule has 6 aromatic carbocycles. The van der Waals surface area contributed by atoms with E-state index in [-0.39, 0.29) is 6.07 Å². The zero-order valence-electron chi connectivity index (χ0n) is 32.1. The molecule has 6 rings (SSSR count). The van der Waals surface area contributed by atoms with Gasteiger partial charge in [-0.1, -0.05) is 49.6 Å². The van der Waals surface area contributed by atoms with Crippen LogP contribution in [0, 0.1) is 87.3 Å². The second-order valence-corrected chi connectivity index (χ2v) is 13.3. The Morgan fingerprint density at radius 1 is 0.403 bits per heavy atom. The Morgan fingerprint density at radius 3 is 0.935 bits per heavy atom. The van der Waals surface area contributed by atoms with Gasteiger partial charge < -0.3 is 25.0 Å². The molecule has 0 fully saturated rings. The number of aliphatic hydroxyl groups excluding tert-OH is 1. The highest BCUT2D eigenvalue weighted by Crippen LogP contribution is 2.48. The molecular formula is C41H28BF15N2O3. The first-order chi connectivity index (χ1) is 29.0. The van der Waals surface area contributed by atoms with Gasteiger partial charge in [0.15, 0.2) is 69.8 Å². The fraction of sp³-hybridized carbons (Fsp3) is 0.122. The highest BCUT2D eigenvalue weighted by atomic mass is 19.2. The summed E-state index contributed by atoms with van der Waals surface area (Å²) < 4.78 is 217. The van der Waals surface area contributed by atoms with Crippen LogP contribution in [0.25, 0.3) is 33.4 Å². The smallest absolute Gasteiger partial charge is 0.200 e. The van der Waals surface area contributed by atoms with Gasteiger partial charge in [-0.2, -0.15) is 0 Å². The average Bonchev–Trinajstić information content (AvgIpc) is 3.26. The van der Waals surface area contributed by atoms with Gasteiger partial charge in [0.2, 0.25) is 17.5 Å². The summed E-state index contributed by atoms with van der Waals surface area (Å²) in [6.45, 7) is -1.97. The number of hydrogen-bond acceptors (Lipinski definition) is 3. The number of nitrogens with one attached hydrogen (secondary N) is 2. The van der Waals surface area contributed by atoms with Gasteiger partial charge in [0.25, 0.3) is 0 Å². The highest BCUT2D eigenvalue weighted by Gasteiger charge is 2.38. The summed E-state index contributed by atoms with van der Waals surface area (Å²) in [5, 5.41) is 33.7. The molecule has 0 aromatic heterocycles. The molecule has 0 saturated heterocycles. The van der Waals surface area contributed by atoms with Crippen molar-refractivity contribution in [1.82, 2.24) is 0 Å². The molecule has 0 aliphatic rings. The molecule has 0 radical (unpaired) electrons. The molecule has 0 bridgehead atoms. The molecule has 0 atom stereocenters. The number of aliphatic hydroxyl groups is 1. The lowest BCUT2D eigenvalue weighted by atomic mass is 9.70. The number of hydrogen-bond donors (Lipinski definition) is 3. The van der Waals surface area contributed by atoms with Crippen molar-refractivity contribution in [2.45, 2.75) is 6.61 Å². The summed E-state index contributed by atoms with van der Waals surface area (Å²) in [5.74, 6) is -44.3. The molecule has 62 heavy (non-hydrogen) atoms. The Bertz CT molecular complexity index is 2490. The first-order valence-electron chi connectivity index (χ1n) is 17.4. The first kappa shape index (κ1) is 48.8. The summed E-state index contributed by atoms with van der Waals surface area (Å²) >= 11 is 0. The van der Waals surface area contributed by atoms with Crippen LogP contribution in [0.3, 0.4) is 0 Å². The summed E-state index contributed by atoms with van der Waals surface area (Å²) in [6, 6.07) is 20.5. The van der Waals surface area contributed by atoms with Gasteiger partial charge in [-0.3, -0.25) is 0 Å². The minimum Gasteiger partial charge on any atom is -0.889 e. The average molecular weight is 892 g/mol. The number of benzene rings is 6. The van der Waals surface area contributed by atoms with Gasteiger partial charge in [0, 0.05) is 11.1 Å². The SMILES string of the molecule is C[NH+](C)c1ccccc1.C[NH+](C)c1ccccc1.[O-]B([O-])c1cc(-c2c(F)c(F)c(F)c(F)c2F)c(-c2c(F)c(F)c(F)c(F)c2F)c(-c2c(F)c(F)c(F)c(F)c2F)c1CO. The maximum Gasteiger partial charge on any atom is 0.200 e. The number of halogens is 15. The summed E-state index contributed by atoms with van der Waals surface area (Å²) in [4.78, 5) is 2.74. The van der Waals surface area contributed by atoms with Crippen LogP contribution in [0.4, 0.5) is 77.2 Å². The predicted octanol–water partition coefficient (Wildman–Crippen LogP) is 5.61. The lowest BCUT2D eigenvalue weighted by Gasteiger charge is -2.33. The van der Waals surface area contributed by atoms with Crippen LogP contribution >= 0.6 is 0 Å². The zero-order valence-corrected chi connectivity index (χ0v) is 32.1. The molecule has 21 heteroatoms. The topological polar surface area (TPSA) is 75.2 Å². The van der Waals surface area contributed by atoms with Crippen molar-refractivity contribution >= 4 is 24.0 Å². The van der Waals surface area contributed by atoms with Gasteiger partial charge in [0.05, 0.1) is 51.5 Å². The van der Waals surface area contributed by atoms with Gasteiger partial charge in [-0.15, -0.1) is 5.46 Å². The van der Waals surface area contributed by atoms with Crippen LogP contribution in [-0.2, 0) is 6.61 Å². The van der Waals surface area contributed by atoms with Gasteiger partial charge in [0.1, 0.15) is 11.4 Å². The van der Waals surface area contributed by atoms with E-state index in [4.69, 9.17) is 0 Å². The molecule has 3 N–H and O–H groups in total. The fourth-order valence-corrected chi connectivity index (χ4v) is 5.89. The van der Waals surface area contributed by atoms with Crippen molar-refractivity contribution in [1.29, 1.82) is 0 Å². The highest BCUT2D eigenvalue weighted by molar-refractivity contribution is 6.56. The number of para-hydroxylation sites is 2. The van der Waals surface area contributed by atoms with Crippen molar-refractivity contribution in [2.24, 2.45) is 0 Å². The third-order valence-electron chi connectivity index (χ3n) is 8.98. The minimum absolute atomic E-state index is 0.294. The molecule has 5 nitrogen and oxygen atoms in total. The van der Waals surface area contributed by atoms with E-state index in [1.54, 1.807) is 0 Å². The Morgan fingerprint density at radius 2 is 0.677 bits per heavy atom. The lowest BCUT2D eigenvalue weighted by molar-refractivity contribution is -0.786. The second kappa shape index (κ2) is 19.9. The second-order valence-electron chi connectivity index (χ2n) is 13.3. The molecule has 0 aliphatic carbocycles. The van der Waals surface area contributed by atoms with Crippen molar-refractivity contribution in [3.8, 4) is 33.4 Å². The van der Waals surface area contributed by atoms with E-state index in [2.05, 4.69) is 76.7 Å². The van der Waals surface area contributed by atoms with Crippen LogP contribution < -0.4 is 25.3 Å². The van der Waals surface area contributed by atoms with E-state index in [9.17, 15) is 63.4 Å². The predicted molar refractivity (Wildman–Crippen MR) is 191 cm³/mol. The zero-order chi connectivity index (χ0) is 46.7. The van der Waals surface area contributed by atoms with E-state index < -0.39 is 145 Å². The monoisotopic (exact) mass is 892 g/mol. The Hall–Kier alpha value is -5.87. The van der Waals surface area contributed by atoms with Crippen molar-refractivity contribution in [3.63, 3.8) is 0 Å². The summed E-state index contributed by atoms with van der Waals surface area (Å²) in [5.41, 5.74) is -14.8. The van der Waals surface area contributed by atoms with Crippen LogP contribution in [0.2, 0.25) is 0 Å². The van der Waals surface area contributed by atoms with E-state index in [0.29, 0.717) is 0 Å². The normalized spacial score (nSPS) is 11.1. The largest absolute Gasteiger partial charge is 0.889 e. The third-order valence-corrected chi connectivity index (χ3v) is 8.98. The maximum atomic E-state index is 15.1. The quantitative estimate of drug-likeness (QED) is 0.0846. The molecule has 6 aromatic rings. The van der Waals surface area contributed by atoms with Crippen LogP contribution in [-0.4, -0.2) is 40.4 Å². The van der Waals surface area contributed by atoms with Gasteiger partial charge >= 0.3 is 0 Å². The number of quaternary nitrogens is 2. The molecule has 0 heterocycles. The third kappa shape index (κ3) is 9.31. The van der Waals surface area contributed by atoms with Crippen LogP contribution in [0.1, 0.15) is 5.56 Å². The summed E-state index contributed by atoms with van der Waals surface area (Å²) in [7, 11) is 4.83. The molecule has 0 unspecified atom stereocenters. The molecule has 0 amide bonds. The van der Waals surface area contributed by atoms with Crippen molar-refractivity contribution in [3.05, 3.63) is 160 Å². The molecule has 0 spiro atoms. The molecule has 0 saturated carbocycles. The van der Waals surface area contributed by atoms with Crippen LogP contribution in [0.15, 0.2) is 66.7 Å². The standard InChI is InChI=1S/C25H4BF15O3.2C8H11N/c27-11-8(12(28)18(34)23(39)17(11)33)3-1-5(26(43)44)4(2-42)7(10-15(31)21(37)25(41)22(38)16(10)32)6(3)9-13(29)19(35)24(40)20(36)14(9)30;2*1-9(2)8-6-4-3-5-7-8/h1,42H,2H2;2*3-7H,1-2H3/q-2;;/p+2. The van der Waals surface area contributed by atoms with Gasteiger partial charge in [-0.25, -0.2) is 65.9 Å². The van der Waals surface area contributed by atoms with E-state index in [1.807, 2.05) is 12.1 Å². The molecule has 0 aliphatic heterocycles. The van der Waals surface area contributed by atoms with E-state index >= 15 is 17.6 Å². The molecule has 328 valence electrons. The lowest BCUT2D eigenvalue weighted by Crippen LogP contribution is -3.00. The van der Waals surface area contributed by atoms with Crippen LogP contribution in [0.5, 0.6) is 0 Å². The van der Waals surface area contributed by atoms with Crippen molar-refractivity contribution in [2.75, 3.05) is 28.2 Å². The minimum atomic E-state index is -3.65. The number of rotatable bonds is 7.